The molecular formula is C19H27NO4. The summed E-state index contributed by atoms with van der Waals surface area (Å²) in [6, 6.07) is 5.51. The number of amides is 1. The van der Waals surface area contributed by atoms with E-state index < -0.39 is 5.60 Å². The molecule has 1 heterocycles. The van der Waals surface area contributed by atoms with E-state index in [1.165, 1.54) is 0 Å². The second kappa shape index (κ2) is 6.63. The maximum absolute atomic E-state index is 12.3. The molecule has 1 saturated carbocycles. The number of ether oxygens (including phenoxy) is 2. The molecule has 1 saturated heterocycles. The van der Waals surface area contributed by atoms with Gasteiger partial charge in [-0.2, -0.15) is 0 Å². The molecule has 0 aromatic heterocycles. The number of fused-ring (bicyclic) bond motifs is 1. The second-order valence-corrected chi connectivity index (χ2v) is 6.97. The molecule has 2 fully saturated rings. The number of rotatable bonds is 3. The number of piperidine rings is 1. The average Bonchev–Trinajstić information content (AvgIpc) is 2.59. The van der Waals surface area contributed by atoms with Crippen molar-refractivity contribution in [2.24, 2.45) is 5.92 Å². The molecule has 2 unspecified atom stereocenters. The molecule has 1 N–H and O–H groups in total. The van der Waals surface area contributed by atoms with Gasteiger partial charge in [-0.25, -0.2) is 0 Å². The first-order chi connectivity index (χ1) is 11.5. The van der Waals surface area contributed by atoms with Gasteiger partial charge in [0.25, 0.3) is 0 Å². The summed E-state index contributed by atoms with van der Waals surface area (Å²) in [4.78, 5) is 14.2. The first-order valence-corrected chi connectivity index (χ1v) is 8.71. The van der Waals surface area contributed by atoms with E-state index in [1.807, 2.05) is 23.1 Å². The Morgan fingerprint density at radius 3 is 2.71 bits per heavy atom. The van der Waals surface area contributed by atoms with E-state index in [1.54, 1.807) is 21.1 Å². The molecule has 0 bridgehead atoms. The van der Waals surface area contributed by atoms with E-state index in [-0.39, 0.29) is 17.9 Å². The van der Waals surface area contributed by atoms with E-state index in [2.05, 4.69) is 0 Å². The summed E-state index contributed by atoms with van der Waals surface area (Å²) in [5, 5.41) is 11.2. The van der Waals surface area contributed by atoms with Crippen LogP contribution in [0.2, 0.25) is 0 Å². The second-order valence-electron chi connectivity index (χ2n) is 6.97. The van der Waals surface area contributed by atoms with Crippen LogP contribution in [0.5, 0.6) is 11.5 Å². The zero-order chi connectivity index (χ0) is 17.3. The van der Waals surface area contributed by atoms with Crippen molar-refractivity contribution in [1.29, 1.82) is 0 Å². The minimum atomic E-state index is -0.692. The minimum Gasteiger partial charge on any atom is -0.497 e. The van der Waals surface area contributed by atoms with Gasteiger partial charge in [0.2, 0.25) is 5.91 Å². The van der Waals surface area contributed by atoms with Crippen LogP contribution in [0.4, 0.5) is 0 Å². The SMILES string of the molecule is COc1ccc(OC)c([C@H]2C3CCCCC3(O)CCN2C(C)=O)c1. The Labute approximate surface area is 143 Å². The monoisotopic (exact) mass is 333 g/mol. The van der Waals surface area contributed by atoms with Gasteiger partial charge in [-0.05, 0) is 37.5 Å². The van der Waals surface area contributed by atoms with Crippen LogP contribution < -0.4 is 9.47 Å². The summed E-state index contributed by atoms with van der Waals surface area (Å²) in [6.07, 6.45) is 4.52. The van der Waals surface area contributed by atoms with Gasteiger partial charge in [0.1, 0.15) is 11.5 Å². The van der Waals surface area contributed by atoms with Gasteiger partial charge in [-0.15, -0.1) is 0 Å². The number of benzene rings is 1. The smallest absolute Gasteiger partial charge is 0.219 e. The third-order valence-corrected chi connectivity index (χ3v) is 5.73. The Morgan fingerprint density at radius 2 is 2.04 bits per heavy atom. The van der Waals surface area contributed by atoms with Crippen molar-refractivity contribution in [3.63, 3.8) is 0 Å². The molecule has 0 radical (unpaired) electrons. The number of hydrogen-bond acceptors (Lipinski definition) is 4. The maximum atomic E-state index is 12.3. The van der Waals surface area contributed by atoms with Gasteiger partial charge in [0.05, 0.1) is 25.9 Å². The Kier molecular flexibility index (Phi) is 4.72. The zero-order valence-corrected chi connectivity index (χ0v) is 14.7. The standard InChI is InChI=1S/C19H27NO4/c1-13(21)20-11-10-19(22)9-5-4-6-16(19)18(20)15-12-14(23-2)7-8-17(15)24-3/h7-8,12,16,18,22H,4-6,9-11H2,1-3H3/t16?,18-,19?/m0/s1. The van der Waals surface area contributed by atoms with Gasteiger partial charge in [0, 0.05) is 24.9 Å². The van der Waals surface area contributed by atoms with Gasteiger partial charge < -0.3 is 19.5 Å². The molecule has 1 aromatic carbocycles. The molecule has 3 atom stereocenters. The van der Waals surface area contributed by atoms with Gasteiger partial charge in [-0.1, -0.05) is 12.8 Å². The Hall–Kier alpha value is -1.75. The fraction of sp³-hybridized carbons (Fsp3) is 0.632. The van der Waals surface area contributed by atoms with Crippen molar-refractivity contribution in [1.82, 2.24) is 4.90 Å². The molecule has 5 heteroatoms. The van der Waals surface area contributed by atoms with Crippen LogP contribution in [0.1, 0.15) is 50.6 Å². The predicted molar refractivity (Wildman–Crippen MR) is 91.2 cm³/mol. The lowest BCUT2D eigenvalue weighted by Gasteiger charge is -2.52. The molecule has 1 aliphatic carbocycles. The Morgan fingerprint density at radius 1 is 1.25 bits per heavy atom. The Bertz CT molecular complexity index is 617. The fourth-order valence-electron chi connectivity index (χ4n) is 4.49. The number of carbonyl (C=O) groups is 1. The van der Waals surface area contributed by atoms with Crippen LogP contribution >= 0.6 is 0 Å². The first kappa shape index (κ1) is 17.1. The predicted octanol–water partition coefficient (Wildman–Crippen LogP) is 2.92. The van der Waals surface area contributed by atoms with Gasteiger partial charge in [0.15, 0.2) is 0 Å². The van der Waals surface area contributed by atoms with Crippen LogP contribution in [0, 0.1) is 5.92 Å². The van der Waals surface area contributed by atoms with E-state index >= 15 is 0 Å². The Balaban J connectivity index is 2.10. The minimum absolute atomic E-state index is 0.0323. The van der Waals surface area contributed by atoms with Crippen molar-refractivity contribution in [3.8, 4) is 11.5 Å². The number of likely N-dealkylation sites (tertiary alicyclic amines) is 1. The lowest BCUT2D eigenvalue weighted by molar-refractivity contribution is -0.153. The van der Waals surface area contributed by atoms with Gasteiger partial charge in [-0.3, -0.25) is 4.79 Å². The lowest BCUT2D eigenvalue weighted by Crippen LogP contribution is -2.55. The summed E-state index contributed by atoms with van der Waals surface area (Å²) >= 11 is 0. The molecule has 1 amide bonds. The number of methoxy groups -OCH3 is 2. The summed E-state index contributed by atoms with van der Waals surface area (Å²) in [7, 11) is 3.27. The van der Waals surface area contributed by atoms with Gasteiger partial charge >= 0.3 is 0 Å². The van der Waals surface area contributed by atoms with Crippen molar-refractivity contribution >= 4 is 5.91 Å². The van der Waals surface area contributed by atoms with Crippen LogP contribution in [0.25, 0.3) is 0 Å². The summed E-state index contributed by atoms with van der Waals surface area (Å²) in [6.45, 7) is 2.18. The number of carbonyl (C=O) groups excluding carboxylic acids is 1. The van der Waals surface area contributed by atoms with Crippen LogP contribution in [0.15, 0.2) is 18.2 Å². The third-order valence-electron chi connectivity index (χ3n) is 5.73. The molecule has 1 aliphatic heterocycles. The number of nitrogens with zero attached hydrogens (tertiary/aromatic N) is 1. The molecule has 24 heavy (non-hydrogen) atoms. The maximum Gasteiger partial charge on any atom is 0.219 e. The van der Waals surface area contributed by atoms with Crippen LogP contribution in [-0.2, 0) is 4.79 Å². The van der Waals surface area contributed by atoms with E-state index in [9.17, 15) is 9.90 Å². The molecule has 5 nitrogen and oxygen atoms in total. The highest BCUT2D eigenvalue weighted by molar-refractivity contribution is 5.74. The average molecular weight is 333 g/mol. The zero-order valence-electron chi connectivity index (χ0n) is 14.7. The fourth-order valence-corrected chi connectivity index (χ4v) is 4.49. The largest absolute Gasteiger partial charge is 0.497 e. The third kappa shape index (κ3) is 2.86. The van der Waals surface area contributed by atoms with E-state index in [0.29, 0.717) is 13.0 Å². The van der Waals surface area contributed by atoms with Crippen molar-refractivity contribution in [2.75, 3.05) is 20.8 Å². The molecule has 2 aliphatic rings. The highest BCUT2D eigenvalue weighted by Gasteiger charge is 2.50. The van der Waals surface area contributed by atoms with Crippen molar-refractivity contribution in [3.05, 3.63) is 23.8 Å². The number of aliphatic hydroxyl groups is 1. The summed E-state index contributed by atoms with van der Waals surface area (Å²) in [5.41, 5.74) is 0.236. The summed E-state index contributed by atoms with van der Waals surface area (Å²) in [5.74, 6) is 1.54. The highest BCUT2D eigenvalue weighted by atomic mass is 16.5. The van der Waals surface area contributed by atoms with Crippen LogP contribution in [0.3, 0.4) is 0 Å². The van der Waals surface area contributed by atoms with E-state index in [0.717, 1.165) is 42.7 Å². The molecule has 0 spiro atoms. The first-order valence-electron chi connectivity index (χ1n) is 8.71. The molecule has 3 rings (SSSR count). The van der Waals surface area contributed by atoms with E-state index in [4.69, 9.17) is 9.47 Å². The van der Waals surface area contributed by atoms with Crippen molar-refractivity contribution < 1.29 is 19.4 Å². The normalized spacial score (nSPS) is 29.8. The highest BCUT2D eigenvalue weighted by Crippen LogP contribution is 2.51. The summed E-state index contributed by atoms with van der Waals surface area (Å²) < 4.78 is 10.9. The number of hydrogen-bond donors (Lipinski definition) is 1. The molecular weight excluding hydrogens is 306 g/mol. The van der Waals surface area contributed by atoms with Crippen molar-refractivity contribution in [2.45, 2.75) is 50.7 Å². The topological polar surface area (TPSA) is 59.0 Å². The molecule has 132 valence electrons. The lowest BCUT2D eigenvalue weighted by atomic mass is 9.66. The quantitative estimate of drug-likeness (QED) is 0.924. The molecule has 1 aromatic rings. The van der Waals surface area contributed by atoms with Crippen LogP contribution in [-0.4, -0.2) is 42.3 Å².